The maximum absolute atomic E-state index is 11.6. The molecule has 3 unspecified atom stereocenters. The van der Waals surface area contributed by atoms with E-state index in [1.165, 1.54) is 11.1 Å². The number of nitrogens with one attached hydrogen (secondary N) is 1. The van der Waals surface area contributed by atoms with Crippen molar-refractivity contribution in [3.8, 4) is 5.75 Å². The van der Waals surface area contributed by atoms with Gasteiger partial charge in [-0.05, 0) is 36.5 Å². The van der Waals surface area contributed by atoms with Gasteiger partial charge in [-0.15, -0.1) is 0 Å². The Hall–Kier alpha value is -2.82. The van der Waals surface area contributed by atoms with Crippen LogP contribution in [0.1, 0.15) is 35.1 Å². The Morgan fingerprint density at radius 1 is 1.24 bits per heavy atom. The lowest BCUT2D eigenvalue weighted by molar-refractivity contribution is -0.385. The molecular formula is C20H20N2O3. The van der Waals surface area contributed by atoms with Gasteiger partial charge in [-0.1, -0.05) is 36.4 Å². The molecule has 0 aromatic heterocycles. The van der Waals surface area contributed by atoms with Crippen molar-refractivity contribution in [1.82, 2.24) is 0 Å². The largest absolute Gasteiger partial charge is 0.495 e. The number of nitro benzene ring substituents is 1. The molecule has 4 rings (SSSR count). The summed E-state index contributed by atoms with van der Waals surface area (Å²) in [5.74, 6) is 0.939. The summed E-state index contributed by atoms with van der Waals surface area (Å²) in [5.41, 5.74) is 4.11. The molecular weight excluding hydrogens is 316 g/mol. The number of rotatable bonds is 3. The predicted octanol–water partition coefficient (Wildman–Crippen LogP) is 4.74. The normalized spacial score (nSPS) is 23.5. The lowest BCUT2D eigenvalue weighted by atomic mass is 9.75. The van der Waals surface area contributed by atoms with Crippen LogP contribution in [0.2, 0.25) is 0 Å². The van der Waals surface area contributed by atoms with Gasteiger partial charge in [0, 0.05) is 12.0 Å². The van der Waals surface area contributed by atoms with Crippen molar-refractivity contribution in [3.63, 3.8) is 0 Å². The highest BCUT2D eigenvalue weighted by Crippen LogP contribution is 2.55. The first-order valence-corrected chi connectivity index (χ1v) is 8.46. The van der Waals surface area contributed by atoms with Crippen molar-refractivity contribution in [3.05, 3.63) is 75.4 Å². The first-order chi connectivity index (χ1) is 12.1. The van der Waals surface area contributed by atoms with Crippen molar-refractivity contribution in [2.75, 3.05) is 12.4 Å². The van der Waals surface area contributed by atoms with Crippen LogP contribution in [0.15, 0.2) is 48.6 Å². The van der Waals surface area contributed by atoms with Crippen molar-refractivity contribution >= 4 is 11.4 Å². The molecule has 25 heavy (non-hydrogen) atoms. The number of nitrogens with zero attached hydrogens (tertiary/aromatic N) is 1. The summed E-state index contributed by atoms with van der Waals surface area (Å²) in [4.78, 5) is 11.3. The SMILES string of the molecule is COc1ccc([N+](=O)[O-])c2c1NC(c1ccccc1C)C1CC=CC21. The van der Waals surface area contributed by atoms with Gasteiger partial charge in [0.05, 0.1) is 29.3 Å². The van der Waals surface area contributed by atoms with E-state index in [4.69, 9.17) is 4.74 Å². The highest BCUT2D eigenvalue weighted by atomic mass is 16.6. The van der Waals surface area contributed by atoms with E-state index >= 15 is 0 Å². The lowest BCUT2D eigenvalue weighted by Crippen LogP contribution is -2.30. The molecule has 128 valence electrons. The number of nitro groups is 1. The summed E-state index contributed by atoms with van der Waals surface area (Å²) in [7, 11) is 1.60. The van der Waals surface area contributed by atoms with Gasteiger partial charge in [0.15, 0.2) is 0 Å². The number of ether oxygens (including phenoxy) is 1. The van der Waals surface area contributed by atoms with E-state index in [0.29, 0.717) is 5.75 Å². The van der Waals surface area contributed by atoms with Crippen LogP contribution in [0.25, 0.3) is 0 Å². The average Bonchev–Trinajstić information content (AvgIpc) is 3.10. The van der Waals surface area contributed by atoms with Gasteiger partial charge >= 0.3 is 0 Å². The molecule has 0 spiro atoms. The maximum atomic E-state index is 11.6. The predicted molar refractivity (Wildman–Crippen MR) is 97.2 cm³/mol. The van der Waals surface area contributed by atoms with Crippen LogP contribution in [0.5, 0.6) is 5.75 Å². The summed E-state index contributed by atoms with van der Waals surface area (Å²) in [6, 6.07) is 11.7. The standard InChI is InChI=1S/C20H20N2O3/c1-12-6-3-4-7-13(12)19-15-9-5-8-14(15)18-16(22(23)24)10-11-17(25-2)20(18)21-19/h3-8,10-11,14-15,19,21H,9H2,1-2H3. The zero-order valence-corrected chi connectivity index (χ0v) is 14.2. The van der Waals surface area contributed by atoms with Gasteiger partial charge < -0.3 is 10.1 Å². The number of hydrogen-bond donors (Lipinski definition) is 1. The summed E-state index contributed by atoms with van der Waals surface area (Å²) in [6.45, 7) is 2.11. The second kappa shape index (κ2) is 5.92. The lowest BCUT2D eigenvalue weighted by Gasteiger charge is -2.38. The van der Waals surface area contributed by atoms with Gasteiger partial charge in [0.2, 0.25) is 0 Å². The van der Waals surface area contributed by atoms with E-state index in [-0.39, 0.29) is 28.5 Å². The number of methoxy groups -OCH3 is 1. The van der Waals surface area contributed by atoms with E-state index in [9.17, 15) is 10.1 Å². The number of allylic oxidation sites excluding steroid dienone is 2. The molecule has 1 N–H and O–H groups in total. The Balaban J connectivity index is 1.91. The molecule has 0 radical (unpaired) electrons. The number of hydrogen-bond acceptors (Lipinski definition) is 4. The van der Waals surface area contributed by atoms with E-state index in [0.717, 1.165) is 17.7 Å². The Kier molecular flexibility index (Phi) is 3.71. The molecule has 0 bridgehead atoms. The molecule has 5 heteroatoms. The Morgan fingerprint density at radius 3 is 2.76 bits per heavy atom. The zero-order valence-electron chi connectivity index (χ0n) is 14.2. The van der Waals surface area contributed by atoms with Crippen LogP contribution in [0.3, 0.4) is 0 Å². The van der Waals surface area contributed by atoms with E-state index in [2.05, 4.69) is 36.5 Å². The smallest absolute Gasteiger partial charge is 0.275 e. The molecule has 1 heterocycles. The quantitative estimate of drug-likeness (QED) is 0.499. The minimum Gasteiger partial charge on any atom is -0.495 e. The van der Waals surface area contributed by atoms with Crippen LogP contribution in [0, 0.1) is 23.0 Å². The first-order valence-electron chi connectivity index (χ1n) is 8.46. The fourth-order valence-corrected chi connectivity index (χ4v) is 4.24. The second-order valence-electron chi connectivity index (χ2n) is 6.66. The van der Waals surface area contributed by atoms with Crippen LogP contribution in [-0.2, 0) is 0 Å². The Labute approximate surface area is 146 Å². The van der Waals surface area contributed by atoms with Crippen molar-refractivity contribution in [2.24, 2.45) is 5.92 Å². The van der Waals surface area contributed by atoms with Gasteiger partial charge in [-0.25, -0.2) is 0 Å². The molecule has 0 saturated heterocycles. The highest BCUT2D eigenvalue weighted by molar-refractivity contribution is 5.73. The van der Waals surface area contributed by atoms with E-state index in [1.54, 1.807) is 19.2 Å². The van der Waals surface area contributed by atoms with Crippen molar-refractivity contribution in [1.29, 1.82) is 0 Å². The molecule has 0 saturated carbocycles. The molecule has 5 nitrogen and oxygen atoms in total. The highest BCUT2D eigenvalue weighted by Gasteiger charge is 2.43. The topological polar surface area (TPSA) is 64.4 Å². The molecule has 0 fully saturated rings. The fourth-order valence-electron chi connectivity index (χ4n) is 4.24. The van der Waals surface area contributed by atoms with E-state index in [1.807, 2.05) is 12.1 Å². The summed E-state index contributed by atoms with van der Waals surface area (Å²) in [6.07, 6.45) is 5.16. The number of fused-ring (bicyclic) bond motifs is 3. The number of benzene rings is 2. The zero-order chi connectivity index (χ0) is 17.6. The van der Waals surface area contributed by atoms with Crippen LogP contribution >= 0.6 is 0 Å². The summed E-state index contributed by atoms with van der Waals surface area (Å²) in [5, 5.41) is 15.2. The number of aryl methyl sites for hydroxylation is 1. The first kappa shape index (κ1) is 15.7. The Bertz CT molecular complexity index is 875. The molecule has 1 aliphatic carbocycles. The van der Waals surface area contributed by atoms with Crippen molar-refractivity contribution < 1.29 is 9.66 Å². The molecule has 1 aliphatic heterocycles. The van der Waals surface area contributed by atoms with Gasteiger partial charge in [-0.2, -0.15) is 0 Å². The third-order valence-corrected chi connectivity index (χ3v) is 5.40. The van der Waals surface area contributed by atoms with E-state index < -0.39 is 0 Å². The number of anilines is 1. The third-order valence-electron chi connectivity index (χ3n) is 5.40. The Morgan fingerprint density at radius 2 is 2.04 bits per heavy atom. The maximum Gasteiger partial charge on any atom is 0.275 e. The third kappa shape index (κ3) is 2.38. The minimum absolute atomic E-state index is 0.0244. The summed E-state index contributed by atoms with van der Waals surface area (Å²) >= 11 is 0. The average molecular weight is 336 g/mol. The van der Waals surface area contributed by atoms with Crippen LogP contribution in [0.4, 0.5) is 11.4 Å². The van der Waals surface area contributed by atoms with Crippen LogP contribution < -0.4 is 10.1 Å². The summed E-state index contributed by atoms with van der Waals surface area (Å²) < 4.78 is 5.50. The second-order valence-corrected chi connectivity index (χ2v) is 6.66. The molecule has 2 aromatic carbocycles. The molecule has 2 aliphatic rings. The molecule has 0 amide bonds. The fraction of sp³-hybridized carbons (Fsp3) is 0.300. The van der Waals surface area contributed by atoms with Crippen molar-refractivity contribution in [2.45, 2.75) is 25.3 Å². The monoisotopic (exact) mass is 336 g/mol. The minimum atomic E-state index is -0.294. The van der Waals surface area contributed by atoms with Gasteiger partial charge in [0.25, 0.3) is 5.69 Å². The van der Waals surface area contributed by atoms with Gasteiger partial charge in [-0.3, -0.25) is 10.1 Å². The molecule has 3 atom stereocenters. The van der Waals surface area contributed by atoms with Crippen LogP contribution in [-0.4, -0.2) is 12.0 Å². The van der Waals surface area contributed by atoms with Gasteiger partial charge in [0.1, 0.15) is 5.75 Å². The molecule has 2 aromatic rings.